The van der Waals surface area contributed by atoms with Gasteiger partial charge in [0.25, 0.3) is 0 Å². The van der Waals surface area contributed by atoms with Gasteiger partial charge in [0.1, 0.15) is 0 Å². The smallest absolute Gasteiger partial charge is 0.328 e. The number of carboxylic acids is 1. The Balaban J connectivity index is 3.15. The molecule has 0 saturated carbocycles. The van der Waals surface area contributed by atoms with Crippen molar-refractivity contribution in [2.24, 2.45) is 0 Å². The van der Waals surface area contributed by atoms with Gasteiger partial charge in [0.2, 0.25) is 0 Å². The SMILES string of the molecule is CCP(CC)c1cc(N)ccc1C=CC(=O)O. The average Bonchev–Trinajstić information content (AvgIpc) is 2.29. The molecule has 0 saturated heterocycles. The summed E-state index contributed by atoms with van der Waals surface area (Å²) >= 11 is 0. The molecule has 0 aliphatic heterocycles. The molecule has 1 aromatic rings. The Kier molecular flexibility index (Phi) is 5.17. The lowest BCUT2D eigenvalue weighted by atomic mass is 10.2. The number of hydrogen-bond donors (Lipinski definition) is 2. The van der Waals surface area contributed by atoms with Gasteiger partial charge in [-0.25, -0.2) is 4.79 Å². The van der Waals surface area contributed by atoms with Gasteiger partial charge in [0, 0.05) is 11.8 Å². The van der Waals surface area contributed by atoms with Crippen LogP contribution in [0.3, 0.4) is 0 Å². The van der Waals surface area contributed by atoms with E-state index in [1.54, 1.807) is 6.08 Å². The lowest BCUT2D eigenvalue weighted by molar-refractivity contribution is -0.131. The molecule has 17 heavy (non-hydrogen) atoms. The van der Waals surface area contributed by atoms with E-state index in [0.717, 1.165) is 23.6 Å². The van der Waals surface area contributed by atoms with E-state index in [1.807, 2.05) is 18.2 Å². The third-order valence-electron chi connectivity index (χ3n) is 2.56. The van der Waals surface area contributed by atoms with Crippen molar-refractivity contribution >= 4 is 31.0 Å². The minimum atomic E-state index is -0.926. The van der Waals surface area contributed by atoms with Gasteiger partial charge in [-0.2, -0.15) is 0 Å². The minimum Gasteiger partial charge on any atom is -0.478 e. The van der Waals surface area contributed by atoms with Gasteiger partial charge in [-0.15, -0.1) is 0 Å². The van der Waals surface area contributed by atoms with Crippen LogP contribution in [-0.4, -0.2) is 23.4 Å². The van der Waals surface area contributed by atoms with Gasteiger partial charge in [-0.05, 0) is 41.4 Å². The molecule has 0 aliphatic rings. The molecule has 0 bridgehead atoms. The number of nitrogen functional groups attached to an aromatic ring is 1. The predicted octanol–water partition coefficient (Wildman–Crippen LogP) is 2.51. The Bertz CT molecular complexity index is 425. The van der Waals surface area contributed by atoms with E-state index >= 15 is 0 Å². The van der Waals surface area contributed by atoms with E-state index in [2.05, 4.69) is 13.8 Å². The fourth-order valence-corrected chi connectivity index (χ4v) is 3.68. The van der Waals surface area contributed by atoms with Gasteiger partial charge in [-0.1, -0.05) is 27.8 Å². The molecule has 4 heteroatoms. The molecule has 0 heterocycles. The molecular formula is C13H18NO2P. The largest absolute Gasteiger partial charge is 0.478 e. The van der Waals surface area contributed by atoms with E-state index < -0.39 is 5.97 Å². The van der Waals surface area contributed by atoms with Gasteiger partial charge < -0.3 is 10.8 Å². The first-order valence-electron chi connectivity index (χ1n) is 5.64. The first kappa shape index (κ1) is 13.7. The van der Waals surface area contributed by atoms with Crippen molar-refractivity contribution in [2.45, 2.75) is 13.8 Å². The zero-order chi connectivity index (χ0) is 12.8. The van der Waals surface area contributed by atoms with Crippen LogP contribution in [0.1, 0.15) is 19.4 Å². The van der Waals surface area contributed by atoms with Crippen LogP contribution >= 0.6 is 7.92 Å². The average molecular weight is 251 g/mol. The summed E-state index contributed by atoms with van der Waals surface area (Å²) in [5, 5.41) is 9.86. The number of nitrogens with two attached hydrogens (primary N) is 1. The molecule has 0 aromatic heterocycles. The molecular weight excluding hydrogens is 233 g/mol. The molecule has 92 valence electrons. The summed E-state index contributed by atoms with van der Waals surface area (Å²) in [5.74, 6) is -0.926. The van der Waals surface area contributed by atoms with Gasteiger partial charge in [0.15, 0.2) is 0 Å². The Morgan fingerprint density at radius 1 is 1.41 bits per heavy atom. The highest BCUT2D eigenvalue weighted by atomic mass is 31.1. The van der Waals surface area contributed by atoms with Crippen LogP contribution in [0.5, 0.6) is 0 Å². The number of hydrogen-bond acceptors (Lipinski definition) is 2. The zero-order valence-electron chi connectivity index (χ0n) is 10.2. The molecule has 0 radical (unpaired) electrons. The summed E-state index contributed by atoms with van der Waals surface area (Å²) in [4.78, 5) is 10.6. The van der Waals surface area contributed by atoms with Crippen molar-refractivity contribution in [3.8, 4) is 0 Å². The Labute approximate surface area is 103 Å². The molecule has 0 atom stereocenters. The van der Waals surface area contributed by atoms with E-state index in [1.165, 1.54) is 11.4 Å². The monoisotopic (exact) mass is 251 g/mol. The highest BCUT2D eigenvalue weighted by molar-refractivity contribution is 7.65. The summed E-state index contributed by atoms with van der Waals surface area (Å²) in [6, 6.07) is 5.68. The second-order valence-electron chi connectivity index (χ2n) is 3.66. The van der Waals surface area contributed by atoms with E-state index in [9.17, 15) is 4.79 Å². The Hall–Kier alpha value is -1.34. The normalized spacial score (nSPS) is 11.2. The zero-order valence-corrected chi connectivity index (χ0v) is 11.1. The summed E-state index contributed by atoms with van der Waals surface area (Å²) in [6.07, 6.45) is 5.00. The first-order chi connectivity index (χ1) is 8.08. The first-order valence-corrected chi connectivity index (χ1v) is 7.35. The third kappa shape index (κ3) is 3.86. The van der Waals surface area contributed by atoms with E-state index in [4.69, 9.17) is 10.8 Å². The third-order valence-corrected chi connectivity index (χ3v) is 5.16. The second kappa shape index (κ2) is 6.41. The quantitative estimate of drug-likeness (QED) is 0.480. The molecule has 1 rings (SSSR count). The molecule has 1 aromatic carbocycles. The maximum atomic E-state index is 10.6. The minimum absolute atomic E-state index is 0.243. The fraction of sp³-hybridized carbons (Fsp3) is 0.308. The van der Waals surface area contributed by atoms with E-state index in [-0.39, 0.29) is 7.92 Å². The van der Waals surface area contributed by atoms with Crippen molar-refractivity contribution in [2.75, 3.05) is 18.1 Å². The van der Waals surface area contributed by atoms with Crippen LogP contribution in [0.2, 0.25) is 0 Å². The predicted molar refractivity (Wildman–Crippen MR) is 75.2 cm³/mol. The standard InChI is InChI=1S/C13H18NO2P/c1-3-17(4-2)12-9-11(14)7-5-10(12)6-8-13(15)16/h5-9H,3-4,14H2,1-2H3,(H,15,16). The van der Waals surface area contributed by atoms with Crippen LogP contribution in [0.25, 0.3) is 6.08 Å². The molecule has 0 fully saturated rings. The Morgan fingerprint density at radius 2 is 2.06 bits per heavy atom. The van der Waals surface area contributed by atoms with Crippen molar-refractivity contribution in [3.05, 3.63) is 29.8 Å². The highest BCUT2D eigenvalue weighted by Gasteiger charge is 2.10. The van der Waals surface area contributed by atoms with Crippen LogP contribution < -0.4 is 11.0 Å². The van der Waals surface area contributed by atoms with Crippen molar-refractivity contribution in [1.82, 2.24) is 0 Å². The molecule has 3 N–H and O–H groups in total. The Morgan fingerprint density at radius 3 is 2.59 bits per heavy atom. The summed E-state index contributed by atoms with van der Waals surface area (Å²) < 4.78 is 0. The molecule has 0 amide bonds. The number of carboxylic acid groups (broad SMARTS) is 1. The molecule has 0 spiro atoms. The van der Waals surface area contributed by atoms with Crippen LogP contribution in [0, 0.1) is 0 Å². The van der Waals surface area contributed by atoms with Crippen molar-refractivity contribution in [3.63, 3.8) is 0 Å². The fourth-order valence-electron chi connectivity index (χ4n) is 1.70. The second-order valence-corrected chi connectivity index (χ2v) is 6.49. The van der Waals surface area contributed by atoms with Gasteiger partial charge >= 0.3 is 5.97 Å². The molecule has 0 unspecified atom stereocenters. The van der Waals surface area contributed by atoms with Crippen LogP contribution in [-0.2, 0) is 4.79 Å². The summed E-state index contributed by atoms with van der Waals surface area (Å²) in [7, 11) is -0.243. The number of carbonyl (C=O) groups is 1. The van der Waals surface area contributed by atoms with Crippen molar-refractivity contribution < 1.29 is 9.90 Å². The number of rotatable bonds is 5. The number of benzene rings is 1. The van der Waals surface area contributed by atoms with Crippen molar-refractivity contribution in [1.29, 1.82) is 0 Å². The molecule has 3 nitrogen and oxygen atoms in total. The number of anilines is 1. The van der Waals surface area contributed by atoms with Gasteiger partial charge in [-0.3, -0.25) is 0 Å². The van der Waals surface area contributed by atoms with Gasteiger partial charge in [0.05, 0.1) is 0 Å². The topological polar surface area (TPSA) is 63.3 Å². The molecule has 0 aliphatic carbocycles. The van der Waals surface area contributed by atoms with E-state index in [0.29, 0.717) is 0 Å². The maximum absolute atomic E-state index is 10.6. The van der Waals surface area contributed by atoms with Crippen LogP contribution in [0.4, 0.5) is 5.69 Å². The lowest BCUT2D eigenvalue weighted by Crippen LogP contribution is -2.10. The number of aliphatic carboxylic acids is 1. The lowest BCUT2D eigenvalue weighted by Gasteiger charge is -2.17. The van der Waals surface area contributed by atoms with Crippen LogP contribution in [0.15, 0.2) is 24.3 Å². The highest BCUT2D eigenvalue weighted by Crippen LogP contribution is 2.35. The maximum Gasteiger partial charge on any atom is 0.328 e. The summed E-state index contributed by atoms with van der Waals surface area (Å²) in [6.45, 7) is 4.31. The summed E-state index contributed by atoms with van der Waals surface area (Å²) in [5.41, 5.74) is 7.51.